The minimum atomic E-state index is -1.50. The molecule has 0 atom stereocenters. The minimum Gasteiger partial charge on any atom is -0.465 e. The van der Waals surface area contributed by atoms with Crippen molar-refractivity contribution < 1.29 is 19.1 Å². The summed E-state index contributed by atoms with van der Waals surface area (Å²) in [5, 5.41) is 0. The molecule has 0 heterocycles. The molecule has 0 aliphatic heterocycles. The lowest BCUT2D eigenvalue weighted by molar-refractivity contribution is -0.165. The van der Waals surface area contributed by atoms with Crippen LogP contribution in [0.2, 0.25) is 0 Å². The van der Waals surface area contributed by atoms with Gasteiger partial charge in [0.15, 0.2) is 5.41 Å². The lowest BCUT2D eigenvalue weighted by Gasteiger charge is -2.29. The molecule has 0 saturated heterocycles. The van der Waals surface area contributed by atoms with Crippen LogP contribution in [0.4, 0.5) is 0 Å². The first-order chi connectivity index (χ1) is 10.1. The van der Waals surface area contributed by atoms with Gasteiger partial charge in [0.1, 0.15) is 0 Å². The Morgan fingerprint density at radius 2 is 1.62 bits per heavy atom. The quantitative estimate of drug-likeness (QED) is 0.439. The van der Waals surface area contributed by atoms with E-state index < -0.39 is 17.4 Å². The molecule has 0 saturated carbocycles. The number of carbonyl (C=O) groups excluding carboxylic acids is 2. The molecule has 1 aromatic rings. The maximum atomic E-state index is 12.5. The zero-order valence-electron chi connectivity index (χ0n) is 12.4. The molecule has 0 amide bonds. The fourth-order valence-corrected chi connectivity index (χ4v) is 2.16. The Morgan fingerprint density at radius 3 is 2.05 bits per heavy atom. The maximum Gasteiger partial charge on any atom is 0.328 e. The first-order valence-corrected chi connectivity index (χ1v) is 6.96. The minimum absolute atomic E-state index is 0.158. The molecule has 1 aromatic carbocycles. The van der Waals surface area contributed by atoms with E-state index in [4.69, 9.17) is 15.9 Å². The highest BCUT2D eigenvalue weighted by atomic mass is 16.6. The van der Waals surface area contributed by atoms with Gasteiger partial charge in [0.25, 0.3) is 0 Å². The Hall–Kier alpha value is -2.28. The van der Waals surface area contributed by atoms with Crippen LogP contribution in [0.15, 0.2) is 30.3 Å². The smallest absolute Gasteiger partial charge is 0.328 e. The lowest BCUT2D eigenvalue weighted by Crippen LogP contribution is -2.46. The number of rotatable bonds is 7. The van der Waals surface area contributed by atoms with Gasteiger partial charge in [0.05, 0.1) is 13.2 Å². The second-order valence-corrected chi connectivity index (χ2v) is 4.42. The Labute approximate surface area is 125 Å². The van der Waals surface area contributed by atoms with Crippen LogP contribution in [0.1, 0.15) is 32.3 Å². The molecular formula is C17H20O4. The molecule has 0 N–H and O–H groups in total. The number of hydrogen-bond acceptors (Lipinski definition) is 4. The summed E-state index contributed by atoms with van der Waals surface area (Å²) >= 11 is 0. The number of hydrogen-bond donors (Lipinski definition) is 0. The number of ether oxygens (including phenoxy) is 2. The highest BCUT2D eigenvalue weighted by molar-refractivity contribution is 6.06. The van der Waals surface area contributed by atoms with Gasteiger partial charge in [-0.25, -0.2) is 0 Å². The molecule has 0 aliphatic rings. The van der Waals surface area contributed by atoms with Crippen molar-refractivity contribution in [3.05, 3.63) is 35.9 Å². The number of benzene rings is 1. The van der Waals surface area contributed by atoms with E-state index in [0.29, 0.717) is 5.56 Å². The van der Waals surface area contributed by atoms with E-state index in [-0.39, 0.29) is 26.1 Å². The van der Waals surface area contributed by atoms with Crippen molar-refractivity contribution in [3.8, 4) is 12.3 Å². The van der Waals surface area contributed by atoms with E-state index >= 15 is 0 Å². The Bertz CT molecular complexity index is 495. The van der Waals surface area contributed by atoms with E-state index in [1.807, 2.05) is 6.07 Å². The second kappa shape index (κ2) is 8.11. The van der Waals surface area contributed by atoms with Crippen LogP contribution >= 0.6 is 0 Å². The molecule has 1 rings (SSSR count). The van der Waals surface area contributed by atoms with Crippen molar-refractivity contribution in [1.82, 2.24) is 0 Å². The molecule has 0 bridgehead atoms. The summed E-state index contributed by atoms with van der Waals surface area (Å²) < 4.78 is 10.2. The van der Waals surface area contributed by atoms with Gasteiger partial charge >= 0.3 is 11.9 Å². The van der Waals surface area contributed by atoms with Crippen molar-refractivity contribution in [3.63, 3.8) is 0 Å². The topological polar surface area (TPSA) is 52.6 Å². The number of esters is 2. The predicted molar refractivity (Wildman–Crippen MR) is 79.5 cm³/mol. The van der Waals surface area contributed by atoms with E-state index in [0.717, 1.165) is 0 Å². The van der Waals surface area contributed by atoms with Crippen LogP contribution in [0.25, 0.3) is 0 Å². The van der Waals surface area contributed by atoms with E-state index in [1.54, 1.807) is 38.1 Å². The third-order valence-electron chi connectivity index (χ3n) is 3.16. The molecule has 21 heavy (non-hydrogen) atoms. The van der Waals surface area contributed by atoms with Gasteiger partial charge in [-0.2, -0.15) is 0 Å². The van der Waals surface area contributed by atoms with Crippen LogP contribution in [-0.4, -0.2) is 25.2 Å². The van der Waals surface area contributed by atoms with Gasteiger partial charge in [-0.05, 0) is 25.8 Å². The third-order valence-corrected chi connectivity index (χ3v) is 3.16. The predicted octanol–water partition coefficient (Wildman–Crippen LogP) is 2.46. The van der Waals surface area contributed by atoms with E-state index in [9.17, 15) is 9.59 Å². The molecule has 0 aliphatic carbocycles. The molecule has 0 aromatic heterocycles. The van der Waals surface area contributed by atoms with Gasteiger partial charge in [0, 0.05) is 6.42 Å². The Kier molecular flexibility index (Phi) is 6.48. The summed E-state index contributed by atoms with van der Waals surface area (Å²) in [7, 11) is 0. The average molecular weight is 288 g/mol. The molecule has 4 heteroatoms. The van der Waals surface area contributed by atoms with Gasteiger partial charge in [-0.1, -0.05) is 30.3 Å². The monoisotopic (exact) mass is 288 g/mol. The van der Waals surface area contributed by atoms with Crippen molar-refractivity contribution in [2.24, 2.45) is 0 Å². The molecule has 0 unspecified atom stereocenters. The van der Waals surface area contributed by atoms with E-state index in [2.05, 4.69) is 5.92 Å². The molecule has 112 valence electrons. The van der Waals surface area contributed by atoms with Gasteiger partial charge in [-0.15, -0.1) is 12.3 Å². The Balaban J connectivity index is 3.37. The summed E-state index contributed by atoms with van der Waals surface area (Å²) in [5.41, 5.74) is -0.961. The largest absolute Gasteiger partial charge is 0.465 e. The van der Waals surface area contributed by atoms with Crippen LogP contribution in [0.5, 0.6) is 0 Å². The highest BCUT2D eigenvalue weighted by Gasteiger charge is 2.49. The van der Waals surface area contributed by atoms with Gasteiger partial charge < -0.3 is 9.47 Å². The van der Waals surface area contributed by atoms with Crippen LogP contribution in [0, 0.1) is 12.3 Å². The fourth-order valence-electron chi connectivity index (χ4n) is 2.16. The summed E-state index contributed by atoms with van der Waals surface area (Å²) in [6, 6.07) is 8.76. The van der Waals surface area contributed by atoms with Crippen LogP contribution in [0.3, 0.4) is 0 Å². The lowest BCUT2D eigenvalue weighted by atomic mass is 9.76. The summed E-state index contributed by atoms with van der Waals surface area (Å²) in [4.78, 5) is 25.0. The SMILES string of the molecule is C#CCCC(C(=O)OCC)(C(=O)OCC)c1ccccc1. The molecule has 0 fully saturated rings. The fraction of sp³-hybridized carbons (Fsp3) is 0.412. The molecule has 0 radical (unpaired) electrons. The zero-order chi connectivity index (χ0) is 15.7. The van der Waals surface area contributed by atoms with Crippen molar-refractivity contribution >= 4 is 11.9 Å². The average Bonchev–Trinajstić information content (AvgIpc) is 2.50. The highest BCUT2D eigenvalue weighted by Crippen LogP contribution is 2.33. The summed E-state index contributed by atoms with van der Waals surface area (Å²) in [6.45, 7) is 3.76. The first kappa shape index (κ1) is 16.8. The van der Waals surface area contributed by atoms with E-state index in [1.165, 1.54) is 0 Å². The van der Waals surface area contributed by atoms with Crippen LogP contribution < -0.4 is 0 Å². The molecule has 0 spiro atoms. The standard InChI is InChI=1S/C17H20O4/c1-4-7-13-17(15(18)20-5-2,16(19)21-6-3)14-11-9-8-10-12-14/h1,8-12H,5-7,13H2,2-3H3. The zero-order valence-corrected chi connectivity index (χ0v) is 12.4. The summed E-state index contributed by atoms with van der Waals surface area (Å²) in [5.74, 6) is 1.23. The molecular weight excluding hydrogens is 268 g/mol. The first-order valence-electron chi connectivity index (χ1n) is 6.96. The third kappa shape index (κ3) is 3.63. The normalized spacial score (nSPS) is 10.5. The van der Waals surface area contributed by atoms with Gasteiger partial charge in [-0.3, -0.25) is 9.59 Å². The second-order valence-electron chi connectivity index (χ2n) is 4.42. The Morgan fingerprint density at radius 1 is 1.10 bits per heavy atom. The van der Waals surface area contributed by atoms with Crippen molar-refractivity contribution in [2.45, 2.75) is 32.1 Å². The summed E-state index contributed by atoms with van der Waals surface area (Å²) in [6.07, 6.45) is 5.74. The number of carbonyl (C=O) groups is 2. The maximum absolute atomic E-state index is 12.5. The molecule has 4 nitrogen and oxygen atoms in total. The van der Waals surface area contributed by atoms with Crippen LogP contribution in [-0.2, 0) is 24.5 Å². The van der Waals surface area contributed by atoms with Crippen molar-refractivity contribution in [2.75, 3.05) is 13.2 Å². The van der Waals surface area contributed by atoms with Crippen molar-refractivity contribution in [1.29, 1.82) is 0 Å². The van der Waals surface area contributed by atoms with Gasteiger partial charge in [0.2, 0.25) is 0 Å². The number of terminal acetylenes is 1.